The molecule has 0 heterocycles. The highest BCUT2D eigenvalue weighted by molar-refractivity contribution is 7.89. The van der Waals surface area contributed by atoms with Gasteiger partial charge < -0.3 is 10.2 Å². The lowest BCUT2D eigenvalue weighted by Gasteiger charge is -2.30. The Morgan fingerprint density at radius 1 is 1.36 bits per heavy atom. The van der Waals surface area contributed by atoms with Crippen LogP contribution in [0.4, 0.5) is 0 Å². The van der Waals surface area contributed by atoms with Crippen LogP contribution in [0.3, 0.4) is 0 Å². The summed E-state index contributed by atoms with van der Waals surface area (Å²) in [7, 11) is -3.86. The second kappa shape index (κ2) is 8.07. The van der Waals surface area contributed by atoms with Gasteiger partial charge in [-0.3, -0.25) is 4.79 Å². The minimum Gasteiger partial charge on any atom is -0.480 e. The van der Waals surface area contributed by atoms with Crippen molar-refractivity contribution in [1.29, 1.82) is 0 Å². The first-order valence-corrected chi connectivity index (χ1v) is 8.52. The van der Waals surface area contributed by atoms with E-state index in [1.165, 1.54) is 6.08 Å². The molecule has 0 saturated carbocycles. The van der Waals surface area contributed by atoms with E-state index in [1.54, 1.807) is 37.3 Å². The molecule has 122 valence electrons. The first kappa shape index (κ1) is 18.3. The van der Waals surface area contributed by atoms with Gasteiger partial charge in [-0.15, -0.1) is 6.58 Å². The highest BCUT2D eigenvalue weighted by atomic mass is 32.2. The second-order valence-corrected chi connectivity index (χ2v) is 6.78. The normalized spacial score (nSPS) is 14.5. The van der Waals surface area contributed by atoms with E-state index < -0.39 is 28.1 Å². The average molecular weight is 327 g/mol. The van der Waals surface area contributed by atoms with E-state index in [2.05, 4.69) is 6.58 Å². The quantitative estimate of drug-likeness (QED) is 0.669. The number of aliphatic hydroxyl groups is 1. The molecule has 0 radical (unpaired) electrons. The summed E-state index contributed by atoms with van der Waals surface area (Å²) in [6.45, 7) is 5.13. The van der Waals surface area contributed by atoms with Gasteiger partial charge in [0.2, 0.25) is 10.0 Å². The van der Waals surface area contributed by atoms with Gasteiger partial charge in [0.15, 0.2) is 6.04 Å². The van der Waals surface area contributed by atoms with Gasteiger partial charge >= 0.3 is 5.97 Å². The van der Waals surface area contributed by atoms with E-state index in [0.717, 1.165) is 4.31 Å². The van der Waals surface area contributed by atoms with Crippen LogP contribution in [0.1, 0.15) is 25.0 Å². The van der Waals surface area contributed by atoms with Crippen molar-refractivity contribution in [2.45, 2.75) is 25.5 Å². The molecule has 2 atom stereocenters. The van der Waals surface area contributed by atoms with Crippen LogP contribution in [0, 0.1) is 0 Å². The zero-order valence-electron chi connectivity index (χ0n) is 12.4. The standard InChI is InChI=1S/C15H21NO5S/c1-3-10-16(22(20,21)11-4-2)13(15(18)19)14(17)12-8-6-5-7-9-12/h4-9,13-14,17H,2-3,10-11H2,1H3,(H,18,19)/t13-,14?/m1/s1. The number of carboxylic acids is 1. The van der Waals surface area contributed by atoms with E-state index in [4.69, 9.17) is 0 Å². The molecule has 0 saturated heterocycles. The van der Waals surface area contributed by atoms with Crippen molar-refractivity contribution in [3.8, 4) is 0 Å². The summed E-state index contributed by atoms with van der Waals surface area (Å²) in [4.78, 5) is 11.6. The van der Waals surface area contributed by atoms with Gasteiger partial charge in [-0.25, -0.2) is 8.42 Å². The van der Waals surface area contributed by atoms with Crippen molar-refractivity contribution in [3.05, 3.63) is 48.6 Å². The molecule has 0 aromatic heterocycles. The summed E-state index contributed by atoms with van der Waals surface area (Å²) in [5.41, 5.74) is 0.352. The number of carboxylic acid groups (broad SMARTS) is 1. The Hall–Kier alpha value is -1.70. The van der Waals surface area contributed by atoms with Gasteiger partial charge in [0.05, 0.1) is 5.75 Å². The lowest BCUT2D eigenvalue weighted by molar-refractivity contribution is -0.145. The third-order valence-electron chi connectivity index (χ3n) is 3.13. The number of hydrogen-bond acceptors (Lipinski definition) is 4. The van der Waals surface area contributed by atoms with E-state index >= 15 is 0 Å². The summed E-state index contributed by atoms with van der Waals surface area (Å²) >= 11 is 0. The molecule has 1 aromatic carbocycles. The summed E-state index contributed by atoms with van der Waals surface area (Å²) in [5.74, 6) is -1.77. The monoisotopic (exact) mass is 327 g/mol. The fourth-order valence-corrected chi connectivity index (χ4v) is 3.67. The maximum absolute atomic E-state index is 12.3. The second-order valence-electron chi connectivity index (χ2n) is 4.82. The highest BCUT2D eigenvalue weighted by Crippen LogP contribution is 2.24. The Labute approximate surface area is 130 Å². The van der Waals surface area contributed by atoms with Crippen molar-refractivity contribution in [2.75, 3.05) is 12.3 Å². The predicted molar refractivity (Wildman–Crippen MR) is 83.8 cm³/mol. The summed E-state index contributed by atoms with van der Waals surface area (Å²) in [6, 6.07) is 6.58. The minimum atomic E-state index is -3.86. The first-order chi connectivity index (χ1) is 10.3. The molecular weight excluding hydrogens is 306 g/mol. The van der Waals surface area contributed by atoms with Gasteiger partial charge in [-0.2, -0.15) is 4.31 Å². The van der Waals surface area contributed by atoms with Crippen molar-refractivity contribution >= 4 is 16.0 Å². The van der Waals surface area contributed by atoms with Gasteiger partial charge in [0, 0.05) is 6.54 Å². The van der Waals surface area contributed by atoms with E-state index in [1.807, 2.05) is 0 Å². The van der Waals surface area contributed by atoms with Gasteiger partial charge in [-0.05, 0) is 12.0 Å². The fourth-order valence-electron chi connectivity index (χ4n) is 2.16. The number of aliphatic hydroxyl groups excluding tert-OH is 1. The lowest BCUT2D eigenvalue weighted by Crippen LogP contribution is -2.49. The van der Waals surface area contributed by atoms with Crippen LogP contribution in [0.25, 0.3) is 0 Å². The van der Waals surface area contributed by atoms with Crippen LogP contribution in [0.15, 0.2) is 43.0 Å². The molecule has 0 aliphatic heterocycles. The largest absolute Gasteiger partial charge is 0.480 e. The molecule has 22 heavy (non-hydrogen) atoms. The van der Waals surface area contributed by atoms with Crippen molar-refractivity contribution in [1.82, 2.24) is 4.31 Å². The van der Waals surface area contributed by atoms with Crippen LogP contribution in [-0.4, -0.2) is 47.2 Å². The Balaban J connectivity index is 3.25. The summed E-state index contributed by atoms with van der Waals surface area (Å²) in [5, 5.41) is 19.8. The molecule has 0 fully saturated rings. The predicted octanol–water partition coefficient (Wildman–Crippen LogP) is 1.40. The van der Waals surface area contributed by atoms with Crippen LogP contribution in [-0.2, 0) is 14.8 Å². The molecule has 1 unspecified atom stereocenters. The van der Waals surface area contributed by atoms with E-state index in [-0.39, 0.29) is 12.3 Å². The average Bonchev–Trinajstić information content (AvgIpc) is 2.47. The smallest absolute Gasteiger partial charge is 0.325 e. The molecule has 1 aromatic rings. The van der Waals surface area contributed by atoms with Crippen molar-refractivity contribution in [3.63, 3.8) is 0 Å². The molecule has 2 N–H and O–H groups in total. The number of hydrogen-bond donors (Lipinski definition) is 2. The third kappa shape index (κ3) is 4.40. The molecule has 6 nitrogen and oxygen atoms in total. The van der Waals surface area contributed by atoms with Crippen LogP contribution < -0.4 is 0 Å². The van der Waals surface area contributed by atoms with Crippen LogP contribution in [0.2, 0.25) is 0 Å². The van der Waals surface area contributed by atoms with Crippen LogP contribution >= 0.6 is 0 Å². The van der Waals surface area contributed by atoms with Crippen LogP contribution in [0.5, 0.6) is 0 Å². The fraction of sp³-hybridized carbons (Fsp3) is 0.400. The number of benzene rings is 1. The first-order valence-electron chi connectivity index (χ1n) is 6.91. The number of rotatable bonds is 9. The Bertz CT molecular complexity index is 600. The lowest BCUT2D eigenvalue weighted by atomic mass is 10.0. The van der Waals surface area contributed by atoms with Gasteiger partial charge in [0.1, 0.15) is 6.10 Å². The Morgan fingerprint density at radius 3 is 2.41 bits per heavy atom. The van der Waals surface area contributed by atoms with E-state index in [9.17, 15) is 23.4 Å². The molecular formula is C15H21NO5S. The molecule has 0 aliphatic rings. The SMILES string of the molecule is C=CCS(=O)(=O)N(CCC)[C@@H](C(=O)O)C(O)c1ccccc1. The minimum absolute atomic E-state index is 0.0109. The van der Waals surface area contributed by atoms with Gasteiger partial charge in [-0.1, -0.05) is 43.3 Å². The van der Waals surface area contributed by atoms with Crippen molar-refractivity contribution in [2.24, 2.45) is 0 Å². The molecule has 7 heteroatoms. The topological polar surface area (TPSA) is 94.9 Å². The maximum atomic E-state index is 12.3. The maximum Gasteiger partial charge on any atom is 0.325 e. The molecule has 0 amide bonds. The van der Waals surface area contributed by atoms with Gasteiger partial charge in [0.25, 0.3) is 0 Å². The number of sulfonamides is 1. The molecule has 0 spiro atoms. The number of aliphatic carboxylic acids is 1. The number of carbonyl (C=O) groups is 1. The third-order valence-corrected chi connectivity index (χ3v) is 4.91. The summed E-state index contributed by atoms with van der Waals surface area (Å²) in [6.07, 6.45) is 0.179. The number of nitrogens with zero attached hydrogens (tertiary/aromatic N) is 1. The molecule has 0 bridgehead atoms. The highest BCUT2D eigenvalue weighted by Gasteiger charge is 2.39. The zero-order chi connectivity index (χ0) is 16.8. The Morgan fingerprint density at radius 2 is 1.95 bits per heavy atom. The Kier molecular flexibility index (Phi) is 6.73. The summed E-state index contributed by atoms with van der Waals surface area (Å²) < 4.78 is 25.4. The molecule has 0 aliphatic carbocycles. The molecule has 1 rings (SSSR count). The van der Waals surface area contributed by atoms with E-state index in [0.29, 0.717) is 12.0 Å². The van der Waals surface area contributed by atoms with Crippen molar-refractivity contribution < 1.29 is 23.4 Å². The zero-order valence-corrected chi connectivity index (χ0v) is 13.2.